The Kier molecular flexibility index (Phi) is 5.66. The standard InChI is InChI=1S/C13H23N5O2/c1-6-7-14-13-15-8-11(18(19)20)12(16-13)17(5)10(4)9(2)3/h8-10H,6-7H2,1-5H3,(H,14,15,16). The van der Waals surface area contributed by atoms with E-state index in [4.69, 9.17) is 0 Å². The summed E-state index contributed by atoms with van der Waals surface area (Å²) in [7, 11) is 1.82. The van der Waals surface area contributed by atoms with E-state index < -0.39 is 4.92 Å². The minimum atomic E-state index is -0.442. The van der Waals surface area contributed by atoms with Crippen LogP contribution in [0, 0.1) is 16.0 Å². The third-order valence-corrected chi connectivity index (χ3v) is 3.39. The third kappa shape index (κ3) is 3.79. The van der Waals surface area contributed by atoms with Gasteiger partial charge in [0.1, 0.15) is 6.20 Å². The highest BCUT2D eigenvalue weighted by Crippen LogP contribution is 2.28. The second-order valence-corrected chi connectivity index (χ2v) is 5.18. The van der Waals surface area contributed by atoms with Crippen molar-refractivity contribution in [1.82, 2.24) is 9.97 Å². The zero-order valence-electron chi connectivity index (χ0n) is 12.8. The molecule has 0 radical (unpaired) electrons. The molecular formula is C13H23N5O2. The van der Waals surface area contributed by atoms with Gasteiger partial charge in [-0.1, -0.05) is 20.8 Å². The van der Waals surface area contributed by atoms with Crippen LogP contribution >= 0.6 is 0 Å². The van der Waals surface area contributed by atoms with Crippen LogP contribution in [0.4, 0.5) is 17.5 Å². The van der Waals surface area contributed by atoms with E-state index in [9.17, 15) is 10.1 Å². The third-order valence-electron chi connectivity index (χ3n) is 3.39. The molecule has 0 amide bonds. The van der Waals surface area contributed by atoms with Gasteiger partial charge in [0.15, 0.2) is 0 Å². The number of nitro groups is 1. The van der Waals surface area contributed by atoms with Crippen molar-refractivity contribution >= 4 is 17.5 Å². The van der Waals surface area contributed by atoms with Gasteiger partial charge in [-0.3, -0.25) is 10.1 Å². The second kappa shape index (κ2) is 7.02. The molecule has 1 atom stereocenters. The van der Waals surface area contributed by atoms with Gasteiger partial charge >= 0.3 is 5.69 Å². The topological polar surface area (TPSA) is 84.2 Å². The predicted molar refractivity (Wildman–Crippen MR) is 80.2 cm³/mol. The molecule has 0 aliphatic heterocycles. The van der Waals surface area contributed by atoms with E-state index in [1.807, 2.05) is 25.8 Å². The highest BCUT2D eigenvalue weighted by Gasteiger charge is 2.25. The molecule has 1 heterocycles. The van der Waals surface area contributed by atoms with Crippen LogP contribution in [0.15, 0.2) is 6.20 Å². The molecule has 112 valence electrons. The summed E-state index contributed by atoms with van der Waals surface area (Å²) in [5.41, 5.74) is -0.0675. The largest absolute Gasteiger partial charge is 0.354 e. The Balaban J connectivity index is 3.14. The van der Waals surface area contributed by atoms with E-state index in [0.717, 1.165) is 13.0 Å². The van der Waals surface area contributed by atoms with Crippen molar-refractivity contribution in [1.29, 1.82) is 0 Å². The van der Waals surface area contributed by atoms with Crippen molar-refractivity contribution < 1.29 is 4.92 Å². The smallest absolute Gasteiger partial charge is 0.329 e. The average Bonchev–Trinajstić information content (AvgIpc) is 2.42. The zero-order valence-corrected chi connectivity index (χ0v) is 12.8. The molecule has 0 fully saturated rings. The van der Waals surface area contributed by atoms with Crippen LogP contribution in [0.3, 0.4) is 0 Å². The Morgan fingerprint density at radius 2 is 2.10 bits per heavy atom. The zero-order chi connectivity index (χ0) is 15.3. The first-order valence-electron chi connectivity index (χ1n) is 6.86. The Bertz CT molecular complexity index is 464. The first kappa shape index (κ1) is 16.1. The first-order chi connectivity index (χ1) is 9.38. The summed E-state index contributed by atoms with van der Waals surface area (Å²) in [6.07, 6.45) is 2.21. The number of hydrogen-bond donors (Lipinski definition) is 1. The molecule has 0 aromatic carbocycles. The molecule has 7 nitrogen and oxygen atoms in total. The summed E-state index contributed by atoms with van der Waals surface area (Å²) in [5.74, 6) is 1.14. The molecule has 0 saturated carbocycles. The van der Waals surface area contributed by atoms with Gasteiger partial charge in [-0.15, -0.1) is 0 Å². The Morgan fingerprint density at radius 1 is 1.45 bits per heavy atom. The highest BCUT2D eigenvalue weighted by atomic mass is 16.6. The molecule has 7 heteroatoms. The van der Waals surface area contributed by atoms with Gasteiger partial charge in [0.05, 0.1) is 4.92 Å². The van der Waals surface area contributed by atoms with Crippen LogP contribution in [0.5, 0.6) is 0 Å². The maximum atomic E-state index is 11.1. The van der Waals surface area contributed by atoms with Crippen LogP contribution in [0.2, 0.25) is 0 Å². The number of hydrogen-bond acceptors (Lipinski definition) is 6. The summed E-state index contributed by atoms with van der Waals surface area (Å²) < 4.78 is 0. The fraction of sp³-hybridized carbons (Fsp3) is 0.692. The summed E-state index contributed by atoms with van der Waals surface area (Å²) in [4.78, 5) is 20.8. The van der Waals surface area contributed by atoms with Gasteiger partial charge < -0.3 is 10.2 Å². The molecule has 1 rings (SSSR count). The van der Waals surface area contributed by atoms with Crippen LogP contribution < -0.4 is 10.2 Å². The van der Waals surface area contributed by atoms with E-state index >= 15 is 0 Å². The molecular weight excluding hydrogens is 258 g/mol. The first-order valence-corrected chi connectivity index (χ1v) is 6.86. The molecule has 0 saturated heterocycles. The fourth-order valence-electron chi connectivity index (χ4n) is 1.72. The summed E-state index contributed by atoms with van der Waals surface area (Å²) in [5, 5.41) is 14.2. The molecule has 0 spiro atoms. The molecule has 1 aromatic heterocycles. The van der Waals surface area contributed by atoms with Gasteiger partial charge in [-0.05, 0) is 19.3 Å². The van der Waals surface area contributed by atoms with Gasteiger partial charge in [-0.2, -0.15) is 4.98 Å². The molecule has 1 unspecified atom stereocenters. The van der Waals surface area contributed by atoms with Crippen molar-refractivity contribution in [3.05, 3.63) is 16.3 Å². The summed E-state index contributed by atoms with van der Waals surface area (Å²) >= 11 is 0. The SMILES string of the molecule is CCCNc1ncc([N+](=O)[O-])c(N(C)C(C)C(C)C)n1. The lowest BCUT2D eigenvalue weighted by Crippen LogP contribution is -2.34. The Morgan fingerprint density at radius 3 is 2.60 bits per heavy atom. The Labute approximate surface area is 119 Å². The average molecular weight is 281 g/mol. The Hall–Kier alpha value is -1.92. The van der Waals surface area contributed by atoms with E-state index in [1.54, 1.807) is 0 Å². The van der Waals surface area contributed by atoms with Crippen molar-refractivity contribution in [3.8, 4) is 0 Å². The lowest BCUT2D eigenvalue weighted by molar-refractivity contribution is -0.384. The van der Waals surface area contributed by atoms with Crippen LogP contribution in [-0.2, 0) is 0 Å². The van der Waals surface area contributed by atoms with Crippen molar-refractivity contribution in [2.75, 3.05) is 23.8 Å². The van der Waals surface area contributed by atoms with Gasteiger partial charge in [-0.25, -0.2) is 4.98 Å². The van der Waals surface area contributed by atoms with Crippen molar-refractivity contribution in [3.63, 3.8) is 0 Å². The molecule has 0 aliphatic rings. The molecule has 0 aliphatic carbocycles. The minimum absolute atomic E-state index is 0.0675. The van der Waals surface area contributed by atoms with E-state index in [-0.39, 0.29) is 11.7 Å². The van der Waals surface area contributed by atoms with Gasteiger partial charge in [0.2, 0.25) is 11.8 Å². The van der Waals surface area contributed by atoms with Gasteiger partial charge in [0, 0.05) is 19.6 Å². The monoisotopic (exact) mass is 281 g/mol. The molecule has 1 N–H and O–H groups in total. The van der Waals surface area contributed by atoms with E-state index in [1.165, 1.54) is 6.20 Å². The summed E-state index contributed by atoms with van der Waals surface area (Å²) in [6.45, 7) is 8.94. The number of nitrogens with zero attached hydrogens (tertiary/aromatic N) is 4. The van der Waals surface area contributed by atoms with Crippen LogP contribution in [0.25, 0.3) is 0 Å². The maximum absolute atomic E-state index is 11.1. The van der Waals surface area contributed by atoms with E-state index in [2.05, 4.69) is 29.1 Å². The summed E-state index contributed by atoms with van der Waals surface area (Å²) in [6, 6.07) is 0.141. The normalized spacial score (nSPS) is 12.3. The van der Waals surface area contributed by atoms with Crippen LogP contribution in [0.1, 0.15) is 34.1 Å². The fourth-order valence-corrected chi connectivity index (χ4v) is 1.72. The number of anilines is 2. The number of aromatic nitrogens is 2. The second-order valence-electron chi connectivity index (χ2n) is 5.18. The quantitative estimate of drug-likeness (QED) is 0.611. The number of nitrogens with one attached hydrogen (secondary N) is 1. The van der Waals surface area contributed by atoms with E-state index in [0.29, 0.717) is 17.7 Å². The minimum Gasteiger partial charge on any atom is -0.354 e. The highest BCUT2D eigenvalue weighted by molar-refractivity contribution is 5.59. The predicted octanol–water partition coefficient (Wildman–Crippen LogP) is 2.69. The molecule has 1 aromatic rings. The van der Waals surface area contributed by atoms with Crippen molar-refractivity contribution in [2.24, 2.45) is 5.92 Å². The van der Waals surface area contributed by atoms with Crippen molar-refractivity contribution in [2.45, 2.75) is 40.2 Å². The molecule has 0 bridgehead atoms. The van der Waals surface area contributed by atoms with Crippen LogP contribution in [-0.4, -0.2) is 34.5 Å². The lowest BCUT2D eigenvalue weighted by atomic mass is 10.1. The van der Waals surface area contributed by atoms with Gasteiger partial charge in [0.25, 0.3) is 0 Å². The molecule has 20 heavy (non-hydrogen) atoms. The maximum Gasteiger partial charge on any atom is 0.329 e. The number of rotatable bonds is 7. The lowest BCUT2D eigenvalue weighted by Gasteiger charge is -2.28.